The van der Waals surface area contributed by atoms with Crippen LogP contribution < -0.4 is 11.5 Å². The Morgan fingerprint density at radius 2 is 2.07 bits per heavy atom. The molecule has 14 heavy (non-hydrogen) atoms. The van der Waals surface area contributed by atoms with Gasteiger partial charge in [0, 0.05) is 0 Å². The lowest BCUT2D eigenvalue weighted by molar-refractivity contribution is -0.149. The maximum Gasteiger partial charge on any atom is 0.338 e. The van der Waals surface area contributed by atoms with E-state index < -0.39 is 0 Å². The minimum Gasteiger partial charge on any atom is -0.367 e. The molecule has 0 aliphatic rings. The molecule has 5 heteroatoms. The van der Waals surface area contributed by atoms with Crippen LogP contribution >= 0.6 is 0 Å². The molecule has 0 saturated carbocycles. The lowest BCUT2D eigenvalue weighted by Gasteiger charge is -2.09. The van der Waals surface area contributed by atoms with Crippen molar-refractivity contribution in [2.24, 2.45) is 22.5 Å². The van der Waals surface area contributed by atoms with E-state index in [2.05, 4.69) is 16.9 Å². The Bertz CT molecular complexity index is 200. The molecule has 0 fully saturated rings. The number of guanidine groups is 1. The van der Waals surface area contributed by atoms with Gasteiger partial charge in [0.25, 0.3) is 0 Å². The molecule has 0 aromatic rings. The Labute approximate surface area is 84.5 Å². The molecule has 0 aromatic carbocycles. The fraction of sp³-hybridized carbons (Fsp3) is 0.778. The third-order valence-corrected chi connectivity index (χ3v) is 1.97. The van der Waals surface area contributed by atoms with E-state index in [9.17, 15) is 4.79 Å². The van der Waals surface area contributed by atoms with Gasteiger partial charge < -0.3 is 16.3 Å². The summed E-state index contributed by atoms with van der Waals surface area (Å²) in [6, 6.07) is 0. The number of hydrogen-bond acceptors (Lipinski definition) is 3. The van der Waals surface area contributed by atoms with Gasteiger partial charge in [-0.3, -0.25) is 0 Å². The first-order valence-electron chi connectivity index (χ1n) is 4.91. The van der Waals surface area contributed by atoms with Crippen LogP contribution in [-0.4, -0.2) is 11.9 Å². The van der Waals surface area contributed by atoms with Gasteiger partial charge in [0.1, 0.15) is 0 Å². The van der Waals surface area contributed by atoms with Gasteiger partial charge in [-0.25, -0.2) is 4.79 Å². The Hall–Kier alpha value is -1.26. The van der Waals surface area contributed by atoms with Crippen LogP contribution in [0.2, 0.25) is 0 Å². The highest BCUT2D eigenvalue weighted by Gasteiger charge is 2.17. The minimum absolute atomic E-state index is 0.0990. The number of rotatable bonds is 6. The number of oxime groups is 1. The van der Waals surface area contributed by atoms with E-state index in [4.69, 9.17) is 11.5 Å². The summed E-state index contributed by atoms with van der Waals surface area (Å²) in [4.78, 5) is 15.9. The summed E-state index contributed by atoms with van der Waals surface area (Å²) in [6.45, 7) is 4.02. The number of nitrogens with two attached hydrogens (primary N) is 2. The average molecular weight is 201 g/mol. The summed E-state index contributed by atoms with van der Waals surface area (Å²) >= 11 is 0. The van der Waals surface area contributed by atoms with Crippen molar-refractivity contribution in [2.45, 2.75) is 39.5 Å². The molecule has 0 bridgehead atoms. The maximum atomic E-state index is 11.3. The molecular weight excluding hydrogens is 182 g/mol. The Kier molecular flexibility index (Phi) is 6.53. The molecule has 0 rings (SSSR count). The van der Waals surface area contributed by atoms with E-state index >= 15 is 0 Å². The lowest BCUT2D eigenvalue weighted by atomic mass is 10.00. The highest BCUT2D eigenvalue weighted by molar-refractivity contribution is 5.77. The first-order valence-corrected chi connectivity index (χ1v) is 4.91. The number of carbonyl (C=O) groups is 1. The van der Waals surface area contributed by atoms with Crippen LogP contribution in [0.5, 0.6) is 0 Å². The van der Waals surface area contributed by atoms with Crippen molar-refractivity contribution in [1.82, 2.24) is 0 Å². The minimum atomic E-state index is -0.352. The highest BCUT2D eigenvalue weighted by Crippen LogP contribution is 2.14. The van der Waals surface area contributed by atoms with E-state index in [0.717, 1.165) is 25.7 Å². The van der Waals surface area contributed by atoms with Gasteiger partial charge in [-0.15, -0.1) is 0 Å². The molecule has 0 aromatic heterocycles. The zero-order valence-corrected chi connectivity index (χ0v) is 8.82. The Morgan fingerprint density at radius 3 is 2.50 bits per heavy atom. The van der Waals surface area contributed by atoms with E-state index in [1.165, 1.54) is 0 Å². The number of nitrogens with zero attached hydrogens (tertiary/aromatic N) is 1. The molecule has 0 spiro atoms. The molecule has 0 aliphatic heterocycles. The molecule has 1 unspecified atom stereocenters. The summed E-state index contributed by atoms with van der Waals surface area (Å²) in [5.74, 6) is -0.684. The Balaban J connectivity index is 3.97. The van der Waals surface area contributed by atoms with Crippen molar-refractivity contribution >= 4 is 11.9 Å². The number of hydrogen-bond donors (Lipinski definition) is 2. The van der Waals surface area contributed by atoms with Crippen LogP contribution in [-0.2, 0) is 9.63 Å². The zero-order valence-electron chi connectivity index (χ0n) is 8.82. The van der Waals surface area contributed by atoms with Crippen LogP contribution in [0.15, 0.2) is 5.16 Å². The second-order valence-electron chi connectivity index (χ2n) is 3.17. The van der Waals surface area contributed by atoms with E-state index in [0.29, 0.717) is 0 Å². The van der Waals surface area contributed by atoms with Crippen LogP contribution in [0, 0.1) is 5.92 Å². The summed E-state index contributed by atoms with van der Waals surface area (Å²) in [7, 11) is 0. The van der Waals surface area contributed by atoms with Crippen molar-refractivity contribution < 1.29 is 9.63 Å². The standard InChI is InChI=1S/C9H19N3O2/c1-3-5-6-7(4-2)8(13)14-12-9(10)11/h7H,3-6H2,1-2H3,(H4,10,11,12). The maximum absolute atomic E-state index is 11.3. The predicted molar refractivity (Wildman–Crippen MR) is 55.2 cm³/mol. The normalized spacial score (nSPS) is 11.9. The summed E-state index contributed by atoms with van der Waals surface area (Å²) < 4.78 is 0. The largest absolute Gasteiger partial charge is 0.367 e. The van der Waals surface area contributed by atoms with Crippen LogP contribution in [0.4, 0.5) is 0 Å². The quantitative estimate of drug-likeness (QED) is 0.289. The third kappa shape index (κ3) is 5.40. The first kappa shape index (κ1) is 12.7. The smallest absolute Gasteiger partial charge is 0.338 e. The van der Waals surface area contributed by atoms with Crippen molar-refractivity contribution in [3.63, 3.8) is 0 Å². The van der Waals surface area contributed by atoms with Gasteiger partial charge in [-0.2, -0.15) is 0 Å². The monoisotopic (exact) mass is 201 g/mol. The molecule has 82 valence electrons. The predicted octanol–water partition coefficient (Wildman–Crippen LogP) is 0.934. The van der Waals surface area contributed by atoms with Gasteiger partial charge in [-0.05, 0) is 18.0 Å². The van der Waals surface area contributed by atoms with Gasteiger partial charge >= 0.3 is 5.97 Å². The van der Waals surface area contributed by atoms with Crippen molar-refractivity contribution in [3.8, 4) is 0 Å². The first-order chi connectivity index (χ1) is 6.61. The van der Waals surface area contributed by atoms with E-state index in [1.54, 1.807) is 0 Å². The van der Waals surface area contributed by atoms with Crippen molar-refractivity contribution in [1.29, 1.82) is 0 Å². The van der Waals surface area contributed by atoms with Crippen LogP contribution in [0.25, 0.3) is 0 Å². The summed E-state index contributed by atoms with van der Waals surface area (Å²) in [6.07, 6.45) is 3.65. The van der Waals surface area contributed by atoms with Gasteiger partial charge in [0.15, 0.2) is 0 Å². The second kappa shape index (κ2) is 7.17. The molecule has 0 saturated heterocycles. The van der Waals surface area contributed by atoms with Crippen molar-refractivity contribution in [3.05, 3.63) is 0 Å². The van der Waals surface area contributed by atoms with Gasteiger partial charge in [0.05, 0.1) is 5.92 Å². The molecule has 0 amide bonds. The molecule has 1 atom stereocenters. The molecule has 0 aliphatic carbocycles. The summed E-state index contributed by atoms with van der Waals surface area (Å²) in [5.41, 5.74) is 10.1. The lowest BCUT2D eigenvalue weighted by Crippen LogP contribution is -2.24. The summed E-state index contributed by atoms with van der Waals surface area (Å²) in [5, 5.41) is 3.22. The van der Waals surface area contributed by atoms with Crippen LogP contribution in [0.1, 0.15) is 39.5 Å². The Morgan fingerprint density at radius 1 is 1.43 bits per heavy atom. The topological polar surface area (TPSA) is 90.7 Å². The average Bonchev–Trinajstić information content (AvgIpc) is 2.16. The van der Waals surface area contributed by atoms with E-state index in [-0.39, 0.29) is 17.8 Å². The highest BCUT2D eigenvalue weighted by atomic mass is 16.7. The molecule has 4 N–H and O–H groups in total. The molecule has 0 radical (unpaired) electrons. The van der Waals surface area contributed by atoms with E-state index in [1.807, 2.05) is 6.92 Å². The fourth-order valence-electron chi connectivity index (χ4n) is 1.11. The second-order valence-corrected chi connectivity index (χ2v) is 3.17. The molecule has 5 nitrogen and oxygen atoms in total. The van der Waals surface area contributed by atoms with Crippen molar-refractivity contribution in [2.75, 3.05) is 0 Å². The number of carbonyl (C=O) groups excluding carboxylic acids is 1. The zero-order chi connectivity index (χ0) is 11.0. The molecule has 0 heterocycles. The fourth-order valence-corrected chi connectivity index (χ4v) is 1.11. The van der Waals surface area contributed by atoms with Gasteiger partial charge in [0.2, 0.25) is 5.96 Å². The van der Waals surface area contributed by atoms with Gasteiger partial charge in [-0.1, -0.05) is 26.7 Å². The molecular formula is C9H19N3O2. The van der Waals surface area contributed by atoms with Crippen LogP contribution in [0.3, 0.4) is 0 Å². The number of unbranched alkanes of at least 4 members (excludes halogenated alkanes) is 1. The SMILES string of the molecule is CCCCC(CC)C(=O)ON=C(N)N. The third-order valence-electron chi connectivity index (χ3n) is 1.97.